The molecule has 0 spiro atoms. The minimum absolute atomic E-state index is 0.00668. The van der Waals surface area contributed by atoms with Crippen LogP contribution < -0.4 is 10.8 Å². The van der Waals surface area contributed by atoms with Crippen LogP contribution in [0.4, 0.5) is 14.5 Å². The first-order valence-corrected chi connectivity index (χ1v) is 10.6. The van der Waals surface area contributed by atoms with Crippen molar-refractivity contribution in [2.75, 3.05) is 5.32 Å². The summed E-state index contributed by atoms with van der Waals surface area (Å²) in [5, 5.41) is 2.66. The summed E-state index contributed by atoms with van der Waals surface area (Å²) in [7, 11) is -0.772. The minimum Gasteiger partial charge on any atom is -0.399 e. The summed E-state index contributed by atoms with van der Waals surface area (Å²) in [6, 6.07) is 7.28. The Hall–Kier alpha value is -2.25. The average molecular weight is 427 g/mol. The van der Waals surface area contributed by atoms with Crippen molar-refractivity contribution in [3.8, 4) is 0 Å². The number of amides is 1. The van der Waals surface area contributed by atoms with Crippen molar-refractivity contribution in [2.45, 2.75) is 71.0 Å². The highest BCUT2D eigenvalue weighted by atomic mass is 19.1. The quantitative estimate of drug-likeness (QED) is 0.708. The first-order valence-electron chi connectivity index (χ1n) is 10.6. The van der Waals surface area contributed by atoms with Gasteiger partial charge in [0.2, 0.25) is 0 Å². The Kier molecular flexibility index (Phi) is 5.06. The van der Waals surface area contributed by atoms with Crippen molar-refractivity contribution < 1.29 is 22.9 Å². The maximum Gasteiger partial charge on any atom is 0.495 e. The summed E-state index contributed by atoms with van der Waals surface area (Å²) in [5.74, 6) is -1.75. The number of benzene rings is 2. The molecule has 1 saturated carbocycles. The summed E-state index contributed by atoms with van der Waals surface area (Å²) in [4.78, 5) is 12.8. The third kappa shape index (κ3) is 3.89. The number of rotatable bonds is 4. The minimum atomic E-state index is -0.772. The third-order valence-electron chi connectivity index (χ3n) is 7.08. The summed E-state index contributed by atoms with van der Waals surface area (Å²) < 4.78 is 41.2. The molecule has 2 aromatic carbocycles. The summed E-state index contributed by atoms with van der Waals surface area (Å²) in [5.41, 5.74) is 1.02. The number of nitrogens with one attached hydrogen (secondary N) is 1. The van der Waals surface area contributed by atoms with Gasteiger partial charge in [-0.3, -0.25) is 4.79 Å². The highest BCUT2D eigenvalue weighted by Gasteiger charge is 2.52. The molecule has 0 bridgehead atoms. The van der Waals surface area contributed by atoms with Crippen LogP contribution in [0.3, 0.4) is 0 Å². The van der Waals surface area contributed by atoms with Crippen molar-refractivity contribution >= 4 is 24.2 Å². The van der Waals surface area contributed by atoms with Crippen LogP contribution >= 0.6 is 0 Å². The average Bonchev–Trinajstić information content (AvgIpc) is 3.36. The molecule has 31 heavy (non-hydrogen) atoms. The molecular formula is C24H28BF2NO3. The maximum absolute atomic E-state index is 14.7. The number of hydrogen-bond donors (Lipinski definition) is 1. The summed E-state index contributed by atoms with van der Waals surface area (Å²) in [6.45, 7) is 11.5. The zero-order valence-corrected chi connectivity index (χ0v) is 18.9. The molecule has 4 rings (SSSR count). The van der Waals surface area contributed by atoms with Gasteiger partial charge in [-0.25, -0.2) is 8.78 Å². The van der Waals surface area contributed by atoms with E-state index in [1.807, 2.05) is 27.7 Å². The van der Waals surface area contributed by atoms with Crippen molar-refractivity contribution in [2.24, 2.45) is 0 Å². The molecule has 0 unspecified atom stereocenters. The molecule has 0 aromatic heterocycles. The molecule has 1 saturated heterocycles. The van der Waals surface area contributed by atoms with Gasteiger partial charge in [-0.2, -0.15) is 0 Å². The van der Waals surface area contributed by atoms with E-state index in [9.17, 15) is 13.6 Å². The number of halogens is 2. The molecule has 2 aliphatic rings. The number of hydrogen-bond acceptors (Lipinski definition) is 3. The van der Waals surface area contributed by atoms with Crippen molar-refractivity contribution in [3.05, 3.63) is 58.7 Å². The van der Waals surface area contributed by atoms with Crippen LogP contribution in [0.2, 0.25) is 0 Å². The van der Waals surface area contributed by atoms with E-state index in [0.29, 0.717) is 11.0 Å². The van der Waals surface area contributed by atoms with Gasteiger partial charge in [0.15, 0.2) is 0 Å². The van der Waals surface area contributed by atoms with E-state index >= 15 is 0 Å². The fourth-order valence-electron chi connectivity index (χ4n) is 3.79. The molecule has 7 heteroatoms. The number of carbonyl (C=O) groups excluding carboxylic acids is 1. The second-order valence-corrected chi connectivity index (χ2v) is 9.97. The Morgan fingerprint density at radius 2 is 1.61 bits per heavy atom. The van der Waals surface area contributed by atoms with Gasteiger partial charge in [-0.1, -0.05) is 13.0 Å². The largest absolute Gasteiger partial charge is 0.495 e. The van der Waals surface area contributed by atoms with Gasteiger partial charge >= 0.3 is 7.12 Å². The van der Waals surface area contributed by atoms with Crippen molar-refractivity contribution in [1.29, 1.82) is 0 Å². The molecule has 4 nitrogen and oxygen atoms in total. The fraction of sp³-hybridized carbons (Fsp3) is 0.458. The Morgan fingerprint density at radius 1 is 1.00 bits per heavy atom. The van der Waals surface area contributed by atoms with Gasteiger partial charge in [-0.05, 0) is 93.7 Å². The molecule has 1 amide bonds. The van der Waals surface area contributed by atoms with Crippen LogP contribution in [-0.2, 0) is 14.7 Å². The van der Waals surface area contributed by atoms with E-state index in [1.54, 1.807) is 13.0 Å². The molecule has 1 aliphatic heterocycles. The molecule has 1 N–H and O–H groups in total. The Balaban J connectivity index is 1.60. The van der Waals surface area contributed by atoms with Crippen LogP contribution in [0.25, 0.3) is 0 Å². The lowest BCUT2D eigenvalue weighted by molar-refractivity contribution is 0.00578. The van der Waals surface area contributed by atoms with Crippen LogP contribution in [-0.4, -0.2) is 24.2 Å². The van der Waals surface area contributed by atoms with Crippen LogP contribution in [0.5, 0.6) is 0 Å². The first kappa shape index (κ1) is 22.0. The highest BCUT2D eigenvalue weighted by Crippen LogP contribution is 2.47. The maximum atomic E-state index is 14.7. The monoisotopic (exact) mass is 427 g/mol. The Morgan fingerprint density at radius 3 is 2.16 bits per heavy atom. The topological polar surface area (TPSA) is 47.6 Å². The molecule has 0 radical (unpaired) electrons. The zero-order valence-electron chi connectivity index (χ0n) is 18.9. The van der Waals surface area contributed by atoms with E-state index in [0.717, 1.165) is 18.4 Å². The van der Waals surface area contributed by atoms with Gasteiger partial charge in [0.25, 0.3) is 5.91 Å². The Bertz CT molecular complexity index is 1050. The molecular weight excluding hydrogens is 399 g/mol. The Labute approximate surface area is 182 Å². The lowest BCUT2D eigenvalue weighted by atomic mass is 9.75. The lowest BCUT2D eigenvalue weighted by Gasteiger charge is -2.32. The molecule has 0 atom stereocenters. The molecule has 2 fully saturated rings. The molecule has 164 valence electrons. The summed E-state index contributed by atoms with van der Waals surface area (Å²) >= 11 is 0. The van der Waals surface area contributed by atoms with E-state index in [2.05, 4.69) is 12.2 Å². The fourth-order valence-corrected chi connectivity index (χ4v) is 3.79. The SMILES string of the molecule is Cc1c(NC(=O)c2ccc(C3(C)CC3)cc2F)cc(F)cc1B1OC(C)(C)C(C)(C)O1. The van der Waals surface area contributed by atoms with Crippen LogP contribution in [0.1, 0.15) is 68.9 Å². The van der Waals surface area contributed by atoms with E-state index in [4.69, 9.17) is 9.31 Å². The van der Waals surface area contributed by atoms with E-state index in [1.165, 1.54) is 24.3 Å². The van der Waals surface area contributed by atoms with Gasteiger partial charge < -0.3 is 14.6 Å². The predicted octanol–water partition coefficient (Wildman–Crippen LogP) is 4.88. The standard InChI is InChI=1S/C24H28BF2NO3/c1-14-18(25-30-22(2,3)23(4,5)31-25)12-16(26)13-20(14)28-21(29)17-8-7-15(11-19(17)27)24(6)9-10-24/h7-8,11-13H,9-10H2,1-6H3,(H,28,29). The van der Waals surface area contributed by atoms with Crippen molar-refractivity contribution in [1.82, 2.24) is 0 Å². The lowest BCUT2D eigenvalue weighted by Crippen LogP contribution is -2.41. The van der Waals surface area contributed by atoms with Crippen LogP contribution in [0, 0.1) is 18.6 Å². The van der Waals surface area contributed by atoms with E-state index in [-0.39, 0.29) is 16.7 Å². The smallest absolute Gasteiger partial charge is 0.399 e. The number of carbonyl (C=O) groups is 1. The normalized spacial score (nSPS) is 20.6. The second kappa shape index (κ2) is 7.14. The molecule has 2 aromatic rings. The van der Waals surface area contributed by atoms with Gasteiger partial charge in [-0.15, -0.1) is 0 Å². The highest BCUT2D eigenvalue weighted by molar-refractivity contribution is 6.62. The number of anilines is 1. The van der Waals surface area contributed by atoms with Gasteiger partial charge in [0.05, 0.1) is 16.8 Å². The van der Waals surface area contributed by atoms with Gasteiger partial charge in [0.1, 0.15) is 11.6 Å². The molecule has 1 aliphatic carbocycles. The zero-order chi connectivity index (χ0) is 22.8. The first-order chi connectivity index (χ1) is 14.3. The van der Waals surface area contributed by atoms with Gasteiger partial charge in [0, 0.05) is 5.69 Å². The van der Waals surface area contributed by atoms with E-state index < -0.39 is 35.9 Å². The van der Waals surface area contributed by atoms with Crippen LogP contribution in [0.15, 0.2) is 30.3 Å². The third-order valence-corrected chi connectivity index (χ3v) is 7.08. The van der Waals surface area contributed by atoms with Crippen molar-refractivity contribution in [3.63, 3.8) is 0 Å². The second-order valence-electron chi connectivity index (χ2n) is 9.97. The predicted molar refractivity (Wildman–Crippen MR) is 118 cm³/mol. The molecule has 1 heterocycles. The summed E-state index contributed by atoms with van der Waals surface area (Å²) in [6.07, 6.45) is 2.03.